The van der Waals surface area contributed by atoms with E-state index < -0.39 is 5.82 Å². The Morgan fingerprint density at radius 1 is 1.57 bits per heavy atom. The van der Waals surface area contributed by atoms with E-state index in [1.807, 2.05) is 31.2 Å². The molecule has 4 nitrogen and oxygen atoms in total. The van der Waals surface area contributed by atoms with Gasteiger partial charge in [-0.15, -0.1) is 0 Å². The van der Waals surface area contributed by atoms with E-state index in [0.29, 0.717) is 18.0 Å². The molecule has 0 fully saturated rings. The number of ether oxygens (including phenoxy) is 1. The maximum absolute atomic E-state index is 13.2. The Hall–Kier alpha value is -1.98. The van der Waals surface area contributed by atoms with Crippen molar-refractivity contribution in [3.05, 3.63) is 60.1 Å². The summed E-state index contributed by atoms with van der Waals surface area (Å²) in [6.45, 7) is 6.03. The lowest BCUT2D eigenvalue weighted by molar-refractivity contribution is 0.259. The fourth-order valence-electron chi connectivity index (χ4n) is 1.73. The summed E-state index contributed by atoms with van der Waals surface area (Å²) in [6, 6.07) is 1.03. The van der Waals surface area contributed by atoms with Crippen molar-refractivity contribution in [2.75, 3.05) is 13.7 Å². The highest BCUT2D eigenvalue weighted by atomic mass is 19.1. The van der Waals surface area contributed by atoms with Crippen molar-refractivity contribution >= 4 is 0 Å². The summed E-state index contributed by atoms with van der Waals surface area (Å²) in [5.74, 6) is -0.0735. The highest BCUT2D eigenvalue weighted by Gasteiger charge is 2.12. The van der Waals surface area contributed by atoms with Gasteiger partial charge in [-0.3, -0.25) is 0 Å². The lowest BCUT2D eigenvalue weighted by Gasteiger charge is -2.17. The van der Waals surface area contributed by atoms with Gasteiger partial charge < -0.3 is 15.2 Å². The van der Waals surface area contributed by atoms with Crippen LogP contribution in [0.1, 0.15) is 12.5 Å². The summed E-state index contributed by atoms with van der Waals surface area (Å²) < 4.78 is 18.3. The molecular weight excluding hydrogens is 271 g/mol. The fraction of sp³-hybridized carbons (Fsp3) is 0.312. The number of halogens is 1. The molecule has 0 unspecified atom stereocenters. The van der Waals surface area contributed by atoms with Gasteiger partial charge in [-0.05, 0) is 18.6 Å². The van der Waals surface area contributed by atoms with Gasteiger partial charge >= 0.3 is 0 Å². The summed E-state index contributed by atoms with van der Waals surface area (Å²) in [7, 11) is 1.48. The van der Waals surface area contributed by atoms with Gasteiger partial charge in [-0.2, -0.15) is 0 Å². The molecule has 0 aliphatic rings. The number of rotatable bonds is 8. The van der Waals surface area contributed by atoms with E-state index in [1.165, 1.54) is 13.2 Å². The molecule has 1 aromatic heterocycles. The van der Waals surface area contributed by atoms with Gasteiger partial charge in [0.15, 0.2) is 0 Å². The second-order valence-corrected chi connectivity index (χ2v) is 4.40. The summed E-state index contributed by atoms with van der Waals surface area (Å²) in [4.78, 5) is 3.86. The van der Waals surface area contributed by atoms with Crippen LogP contribution in [0.4, 0.5) is 4.39 Å². The molecule has 21 heavy (non-hydrogen) atoms. The normalized spacial score (nSPS) is 13.0. The molecule has 114 valence electrons. The van der Waals surface area contributed by atoms with Crippen LogP contribution >= 0.6 is 0 Å². The Balaban J connectivity index is 2.71. The van der Waals surface area contributed by atoms with Crippen LogP contribution in [0.2, 0.25) is 0 Å². The maximum atomic E-state index is 13.2. The summed E-state index contributed by atoms with van der Waals surface area (Å²) in [5.41, 5.74) is 1.32. The number of allylic oxidation sites excluding steroid dienone is 3. The summed E-state index contributed by atoms with van der Waals surface area (Å²) in [5, 5.41) is 12.5. The molecule has 0 aliphatic heterocycles. The molecule has 1 rings (SSSR count). The van der Waals surface area contributed by atoms with Crippen LogP contribution in [-0.2, 0) is 6.54 Å². The highest BCUT2D eigenvalue weighted by molar-refractivity contribution is 5.28. The first kappa shape index (κ1) is 17.1. The number of nitrogens with zero attached hydrogens (tertiary/aromatic N) is 1. The van der Waals surface area contributed by atoms with Gasteiger partial charge in [0, 0.05) is 12.1 Å². The third-order valence-corrected chi connectivity index (χ3v) is 2.87. The second-order valence-electron chi connectivity index (χ2n) is 4.40. The monoisotopic (exact) mass is 292 g/mol. The first-order chi connectivity index (χ1) is 10.1. The predicted molar refractivity (Wildman–Crippen MR) is 81.6 cm³/mol. The van der Waals surface area contributed by atoms with Crippen LogP contribution in [0.25, 0.3) is 0 Å². The maximum Gasteiger partial charge on any atom is 0.217 e. The van der Waals surface area contributed by atoms with Gasteiger partial charge in [0.25, 0.3) is 0 Å². The van der Waals surface area contributed by atoms with Crippen molar-refractivity contribution in [2.24, 2.45) is 0 Å². The van der Waals surface area contributed by atoms with E-state index in [9.17, 15) is 9.50 Å². The molecule has 0 radical (unpaired) electrons. The topological polar surface area (TPSA) is 54.4 Å². The van der Waals surface area contributed by atoms with Crippen molar-refractivity contribution in [3.8, 4) is 5.88 Å². The van der Waals surface area contributed by atoms with Crippen molar-refractivity contribution in [2.45, 2.75) is 19.5 Å². The van der Waals surface area contributed by atoms with Crippen LogP contribution in [0.3, 0.4) is 0 Å². The minimum atomic E-state index is -0.431. The van der Waals surface area contributed by atoms with Crippen LogP contribution in [-0.4, -0.2) is 29.8 Å². The third-order valence-electron chi connectivity index (χ3n) is 2.87. The van der Waals surface area contributed by atoms with Crippen LogP contribution in [0.5, 0.6) is 5.88 Å². The van der Waals surface area contributed by atoms with Crippen LogP contribution in [0, 0.1) is 5.82 Å². The predicted octanol–water partition coefficient (Wildman–Crippen LogP) is 2.37. The van der Waals surface area contributed by atoms with E-state index in [-0.39, 0.29) is 12.6 Å². The highest BCUT2D eigenvalue weighted by Crippen LogP contribution is 2.16. The van der Waals surface area contributed by atoms with E-state index in [0.717, 1.165) is 11.8 Å². The zero-order chi connectivity index (χ0) is 15.7. The van der Waals surface area contributed by atoms with Gasteiger partial charge in [0.1, 0.15) is 5.82 Å². The molecular formula is C16H21FN2O2. The van der Waals surface area contributed by atoms with E-state index >= 15 is 0 Å². The van der Waals surface area contributed by atoms with Crippen molar-refractivity contribution in [3.63, 3.8) is 0 Å². The van der Waals surface area contributed by atoms with Gasteiger partial charge in [0.2, 0.25) is 5.88 Å². The number of aliphatic hydroxyl groups excluding tert-OH is 1. The number of aromatic nitrogens is 1. The Morgan fingerprint density at radius 3 is 2.95 bits per heavy atom. The Bertz CT molecular complexity index is 527. The molecule has 0 spiro atoms. The smallest absolute Gasteiger partial charge is 0.217 e. The molecule has 0 bridgehead atoms. The quantitative estimate of drug-likeness (QED) is 0.722. The average molecular weight is 292 g/mol. The number of nitrogens with one attached hydrogen (secondary N) is 1. The Morgan fingerprint density at radius 2 is 2.33 bits per heavy atom. The third kappa shape index (κ3) is 5.49. The fourth-order valence-corrected chi connectivity index (χ4v) is 1.73. The van der Waals surface area contributed by atoms with E-state index in [2.05, 4.69) is 16.9 Å². The largest absolute Gasteiger partial charge is 0.481 e. The molecule has 0 aromatic carbocycles. The minimum Gasteiger partial charge on any atom is -0.481 e. The number of pyridine rings is 1. The SMILES string of the molecule is C=C(/C=C\C=C/C)[C@H](CO)NCc1cc(F)cnc1OC. The van der Waals surface area contributed by atoms with Crippen molar-refractivity contribution < 1.29 is 14.2 Å². The molecule has 1 heterocycles. The second kappa shape index (κ2) is 9.05. The molecule has 0 amide bonds. The summed E-state index contributed by atoms with van der Waals surface area (Å²) in [6.07, 6.45) is 8.53. The Labute approximate surface area is 124 Å². The van der Waals surface area contributed by atoms with Crippen molar-refractivity contribution in [1.29, 1.82) is 0 Å². The standard InChI is InChI=1S/C16H21FN2O2/c1-4-5-6-7-12(2)15(11-20)18-9-13-8-14(17)10-19-16(13)21-3/h4-8,10,15,18,20H,2,9,11H2,1,3H3/b5-4-,7-6-/t15-/m0/s1. The van der Waals surface area contributed by atoms with Gasteiger partial charge in [-0.25, -0.2) is 9.37 Å². The van der Waals surface area contributed by atoms with Gasteiger partial charge in [0.05, 0.1) is 26.0 Å². The minimum absolute atomic E-state index is 0.107. The van der Waals surface area contributed by atoms with E-state index in [4.69, 9.17) is 4.74 Å². The molecule has 0 aliphatic carbocycles. The zero-order valence-electron chi connectivity index (χ0n) is 12.3. The molecule has 1 atom stereocenters. The first-order valence-electron chi connectivity index (χ1n) is 6.63. The number of hydrogen-bond donors (Lipinski definition) is 2. The van der Waals surface area contributed by atoms with Crippen LogP contribution < -0.4 is 10.1 Å². The first-order valence-corrected chi connectivity index (χ1v) is 6.63. The Kier molecular flexibility index (Phi) is 7.36. The molecule has 2 N–H and O–H groups in total. The molecule has 1 aromatic rings. The summed E-state index contributed by atoms with van der Waals surface area (Å²) >= 11 is 0. The van der Waals surface area contributed by atoms with Crippen LogP contribution in [0.15, 0.2) is 48.7 Å². The van der Waals surface area contributed by atoms with Gasteiger partial charge in [-0.1, -0.05) is 30.9 Å². The van der Waals surface area contributed by atoms with Crippen molar-refractivity contribution in [1.82, 2.24) is 10.3 Å². The lowest BCUT2D eigenvalue weighted by atomic mass is 10.1. The molecule has 0 saturated carbocycles. The lowest BCUT2D eigenvalue weighted by Crippen LogP contribution is -2.33. The van der Waals surface area contributed by atoms with E-state index in [1.54, 1.807) is 0 Å². The average Bonchev–Trinajstić information content (AvgIpc) is 2.48. The molecule has 0 saturated heterocycles. The zero-order valence-corrected chi connectivity index (χ0v) is 12.3. The molecule has 5 heteroatoms. The number of methoxy groups -OCH3 is 1. The number of aliphatic hydroxyl groups is 1. The number of hydrogen-bond acceptors (Lipinski definition) is 4.